The van der Waals surface area contributed by atoms with Crippen LogP contribution in [0.3, 0.4) is 0 Å². The lowest BCUT2D eigenvalue weighted by Crippen LogP contribution is -2.50. The third kappa shape index (κ3) is 9.80. The average Bonchev–Trinajstić information content (AvgIpc) is 3.80. The number of hydrogen-bond donors (Lipinski definition) is 2. The summed E-state index contributed by atoms with van der Waals surface area (Å²) >= 11 is 6.30. The molecule has 2 heterocycles. The summed E-state index contributed by atoms with van der Waals surface area (Å²) in [5.41, 5.74) is 1.73. The fourth-order valence-corrected chi connectivity index (χ4v) is 5.80. The molecule has 2 aromatic rings. The van der Waals surface area contributed by atoms with Crippen LogP contribution in [-0.2, 0) is 39.8 Å². The summed E-state index contributed by atoms with van der Waals surface area (Å²) in [6.07, 6.45) is 1.23. The van der Waals surface area contributed by atoms with Crippen molar-refractivity contribution in [2.45, 2.75) is 89.9 Å². The number of esters is 2. The highest BCUT2D eigenvalue weighted by Crippen LogP contribution is 2.45. The van der Waals surface area contributed by atoms with Crippen LogP contribution in [0, 0.1) is 11.8 Å². The normalized spacial score (nSPS) is 26.8. The minimum atomic E-state index is -1.12. The number of carbonyl (C=O) groups excluding carboxylic acids is 4. The van der Waals surface area contributed by atoms with Gasteiger partial charge >= 0.3 is 11.9 Å². The summed E-state index contributed by atoms with van der Waals surface area (Å²) in [6, 6.07) is 13.3. The van der Waals surface area contributed by atoms with Gasteiger partial charge in [-0.15, -0.1) is 0 Å². The van der Waals surface area contributed by atoms with Gasteiger partial charge in [0.25, 0.3) is 0 Å². The van der Waals surface area contributed by atoms with E-state index in [1.165, 1.54) is 13.2 Å². The summed E-state index contributed by atoms with van der Waals surface area (Å²) in [4.78, 5) is 52.9. The lowest BCUT2D eigenvalue weighted by molar-refractivity contribution is -0.174. The number of epoxide rings is 1. The molecule has 0 spiro atoms. The molecular weight excluding hydrogens is 612 g/mol. The molecule has 7 atom stereocenters. The van der Waals surface area contributed by atoms with Gasteiger partial charge in [0.05, 0.1) is 24.7 Å². The molecule has 0 unspecified atom stereocenters. The second-order valence-corrected chi connectivity index (χ2v) is 12.8. The van der Waals surface area contributed by atoms with Gasteiger partial charge in [0, 0.05) is 24.8 Å². The van der Waals surface area contributed by atoms with Crippen molar-refractivity contribution >= 4 is 35.4 Å². The monoisotopic (exact) mass is 654 g/mol. The van der Waals surface area contributed by atoms with Gasteiger partial charge in [-0.1, -0.05) is 74.8 Å². The Bertz CT molecular complexity index is 1410. The van der Waals surface area contributed by atoms with Crippen molar-refractivity contribution < 1.29 is 38.1 Å². The maximum atomic E-state index is 13.4. The zero-order chi connectivity index (χ0) is 33.4. The Morgan fingerprint density at radius 1 is 1.00 bits per heavy atom. The number of hydrogen-bond acceptors (Lipinski definition) is 8. The molecule has 1 fully saturated rings. The Morgan fingerprint density at radius 3 is 2.41 bits per heavy atom. The van der Waals surface area contributed by atoms with Gasteiger partial charge in [-0.3, -0.25) is 14.4 Å². The predicted octanol–water partition coefficient (Wildman–Crippen LogP) is 4.88. The molecule has 2 N–H and O–H groups in total. The van der Waals surface area contributed by atoms with Crippen LogP contribution in [0.15, 0.2) is 60.7 Å². The lowest BCUT2D eigenvalue weighted by atomic mass is 9.93. The smallest absolute Gasteiger partial charge is 0.347 e. The first kappa shape index (κ1) is 35.0. The molecule has 46 heavy (non-hydrogen) atoms. The topological polar surface area (TPSA) is 133 Å². The largest absolute Gasteiger partial charge is 0.495 e. The molecule has 0 bridgehead atoms. The number of halogens is 1. The van der Waals surface area contributed by atoms with E-state index < -0.39 is 48.0 Å². The number of cyclic esters (lactones) is 2. The second kappa shape index (κ2) is 16.1. The molecule has 4 rings (SSSR count). The predicted molar refractivity (Wildman–Crippen MR) is 172 cm³/mol. The van der Waals surface area contributed by atoms with Crippen LogP contribution in [0.2, 0.25) is 5.02 Å². The highest BCUT2D eigenvalue weighted by Gasteiger charge is 2.47. The van der Waals surface area contributed by atoms with E-state index in [9.17, 15) is 19.2 Å². The van der Waals surface area contributed by atoms with Crippen LogP contribution in [-0.4, -0.2) is 61.3 Å². The first-order valence-electron chi connectivity index (χ1n) is 15.6. The summed E-state index contributed by atoms with van der Waals surface area (Å²) < 4.78 is 22.9. The first-order valence-corrected chi connectivity index (χ1v) is 16.0. The van der Waals surface area contributed by atoms with E-state index in [0.29, 0.717) is 16.3 Å². The Kier molecular flexibility index (Phi) is 12.2. The molecule has 1 saturated heterocycles. The maximum Gasteiger partial charge on any atom is 0.347 e. The van der Waals surface area contributed by atoms with Crippen molar-refractivity contribution in [3.63, 3.8) is 0 Å². The average molecular weight is 655 g/mol. The third-order valence-electron chi connectivity index (χ3n) is 8.04. The molecule has 2 aliphatic rings. The van der Waals surface area contributed by atoms with Crippen molar-refractivity contribution in [2.75, 3.05) is 7.11 Å². The lowest BCUT2D eigenvalue weighted by Gasteiger charge is -2.26. The van der Waals surface area contributed by atoms with Crippen LogP contribution in [0.1, 0.15) is 64.2 Å². The Balaban J connectivity index is 1.58. The van der Waals surface area contributed by atoms with Gasteiger partial charge in [-0.2, -0.15) is 0 Å². The first-order chi connectivity index (χ1) is 21.9. The maximum absolute atomic E-state index is 13.4. The van der Waals surface area contributed by atoms with E-state index in [2.05, 4.69) is 10.6 Å². The van der Waals surface area contributed by atoms with Crippen molar-refractivity contribution in [3.05, 3.63) is 76.8 Å². The molecule has 2 aromatic carbocycles. The van der Waals surface area contributed by atoms with Gasteiger partial charge < -0.3 is 29.6 Å². The van der Waals surface area contributed by atoms with E-state index in [0.717, 1.165) is 5.56 Å². The van der Waals surface area contributed by atoms with Gasteiger partial charge in [-0.05, 0) is 48.6 Å². The molecule has 2 aliphatic heterocycles. The van der Waals surface area contributed by atoms with Gasteiger partial charge in [0.15, 0.2) is 6.10 Å². The van der Waals surface area contributed by atoms with E-state index in [-0.39, 0.29) is 49.7 Å². The molecule has 0 saturated carbocycles. The number of methoxy groups -OCH3 is 1. The van der Waals surface area contributed by atoms with Crippen LogP contribution < -0.4 is 15.4 Å². The minimum absolute atomic E-state index is 0.0361. The van der Waals surface area contributed by atoms with E-state index in [4.69, 9.17) is 30.5 Å². The minimum Gasteiger partial charge on any atom is -0.495 e. The third-order valence-corrected chi connectivity index (χ3v) is 8.33. The van der Waals surface area contributed by atoms with Crippen molar-refractivity contribution in [1.82, 2.24) is 10.6 Å². The van der Waals surface area contributed by atoms with Crippen LogP contribution in [0.5, 0.6) is 5.75 Å². The number of amides is 2. The van der Waals surface area contributed by atoms with Gasteiger partial charge in [0.1, 0.15) is 24.0 Å². The van der Waals surface area contributed by atoms with Gasteiger partial charge in [-0.25, -0.2) is 4.79 Å². The number of carbonyl (C=O) groups is 4. The molecular formula is C35H43ClN2O8. The quantitative estimate of drug-likeness (QED) is 0.304. The fourth-order valence-electron chi connectivity index (χ4n) is 5.52. The number of ether oxygens (including phenoxy) is 4. The molecule has 0 aliphatic carbocycles. The molecule has 0 radical (unpaired) electrons. The molecule has 0 aromatic heterocycles. The summed E-state index contributed by atoms with van der Waals surface area (Å²) in [6.45, 7) is 7.42. The number of nitrogens with one attached hydrogen (secondary N) is 2. The van der Waals surface area contributed by atoms with E-state index in [1.807, 2.05) is 51.1 Å². The Morgan fingerprint density at radius 2 is 1.74 bits per heavy atom. The van der Waals surface area contributed by atoms with Crippen LogP contribution in [0.25, 0.3) is 0 Å². The van der Waals surface area contributed by atoms with Gasteiger partial charge in [0.2, 0.25) is 11.8 Å². The molecule has 11 heteroatoms. The highest BCUT2D eigenvalue weighted by molar-refractivity contribution is 6.32. The van der Waals surface area contributed by atoms with E-state index >= 15 is 0 Å². The Labute approximate surface area is 275 Å². The van der Waals surface area contributed by atoms with Crippen molar-refractivity contribution in [3.8, 4) is 5.75 Å². The summed E-state index contributed by atoms with van der Waals surface area (Å²) in [7, 11) is 1.51. The second-order valence-electron chi connectivity index (χ2n) is 12.4. The van der Waals surface area contributed by atoms with Crippen LogP contribution in [0.4, 0.5) is 0 Å². The highest BCUT2D eigenvalue weighted by atomic mass is 35.5. The number of benzene rings is 2. The zero-order valence-corrected chi connectivity index (χ0v) is 27.6. The van der Waals surface area contributed by atoms with Crippen LogP contribution >= 0.6 is 11.6 Å². The summed E-state index contributed by atoms with van der Waals surface area (Å²) in [5.74, 6) is -2.01. The van der Waals surface area contributed by atoms with Crippen molar-refractivity contribution in [1.29, 1.82) is 0 Å². The summed E-state index contributed by atoms with van der Waals surface area (Å²) in [5, 5.41) is 5.91. The fraction of sp³-hybridized carbons (Fsp3) is 0.486. The number of rotatable bonds is 8. The van der Waals surface area contributed by atoms with Crippen molar-refractivity contribution in [2.24, 2.45) is 11.8 Å². The molecule has 2 amide bonds. The van der Waals surface area contributed by atoms with E-state index in [1.54, 1.807) is 31.2 Å². The Hall–Kier alpha value is -3.89. The molecule has 248 valence electrons. The zero-order valence-electron chi connectivity index (χ0n) is 26.9. The molecule has 10 nitrogen and oxygen atoms in total. The SMILES string of the molecule is COc1ccc(C[C@H]2NC(=O)C=CC[C@@H]([C@H](C)[C@@H]3O[C@H]3c3ccccc3)OC(=O)[C@H](CC(C)C)OC(=O)C[C@@H](C)NC2=O)cc1Cl. The standard InChI is InChI=1S/C35H43ClN2O8/c1-20(2)16-29-35(42)45-27(22(4)32-33(46-32)24-10-7-6-8-11-24)12-9-13-30(39)38-26(34(41)37-21(3)17-31(40)44-29)19-23-14-15-28(43-5)25(36)18-23/h6-11,13-15,18,20-22,26-27,29,32-33H,12,16-17,19H2,1-5H3,(H,37,41)(H,38,39)/t21-,22+,26-,27+,29+,32+,33+/m1/s1.